The zero-order valence-electron chi connectivity index (χ0n) is 14.8. The van der Waals surface area contributed by atoms with Gasteiger partial charge in [0.05, 0.1) is 9.79 Å². The minimum Gasteiger partial charge on any atom is -0.206 e. The average Bonchev–Trinajstić information content (AvgIpc) is 2.57. The minimum atomic E-state index is -4.18. The van der Waals surface area contributed by atoms with Crippen LogP contribution in [0.5, 0.6) is 0 Å². The van der Waals surface area contributed by atoms with E-state index in [2.05, 4.69) is 0 Å². The van der Waals surface area contributed by atoms with Crippen LogP contribution in [0.2, 0.25) is 0 Å². The lowest BCUT2D eigenvalue weighted by Crippen LogP contribution is -2.42. The summed E-state index contributed by atoms with van der Waals surface area (Å²) in [6, 6.07) is 10.2. The highest BCUT2D eigenvalue weighted by Crippen LogP contribution is 2.35. The van der Waals surface area contributed by atoms with Gasteiger partial charge in [-0.05, 0) is 73.9 Å². The van der Waals surface area contributed by atoms with E-state index in [1.165, 1.54) is 0 Å². The quantitative estimate of drug-likeness (QED) is 0.749. The topological polar surface area (TPSA) is 71.5 Å². The monoisotopic (exact) mass is 391 g/mol. The molecule has 2 aliphatic rings. The lowest BCUT2D eigenvalue weighted by atomic mass is 9.96. The molecule has 0 aliphatic carbocycles. The first-order valence-electron chi connectivity index (χ1n) is 8.74. The molecule has 0 atom stereocenters. The third-order valence-electron chi connectivity index (χ3n) is 5.08. The Kier molecular flexibility index (Phi) is 4.02. The summed E-state index contributed by atoms with van der Waals surface area (Å²) in [5.74, 6) is 0. The maximum absolute atomic E-state index is 13.4. The van der Waals surface area contributed by atoms with Crippen molar-refractivity contribution in [1.29, 1.82) is 0 Å². The van der Waals surface area contributed by atoms with Gasteiger partial charge in [-0.3, -0.25) is 0 Å². The molecule has 0 saturated heterocycles. The van der Waals surface area contributed by atoms with Gasteiger partial charge in [-0.15, -0.1) is 0 Å². The molecule has 0 aromatic heterocycles. The van der Waals surface area contributed by atoms with Crippen LogP contribution in [0.3, 0.4) is 0 Å². The highest BCUT2D eigenvalue weighted by molar-refractivity contribution is 8.04. The Balaban J connectivity index is 2.18. The molecule has 0 spiro atoms. The van der Waals surface area contributed by atoms with Gasteiger partial charge in [-0.1, -0.05) is 28.0 Å². The predicted octanol–water partition coefficient (Wildman–Crippen LogP) is 2.67. The van der Waals surface area contributed by atoms with E-state index in [-0.39, 0.29) is 9.79 Å². The van der Waals surface area contributed by atoms with Crippen LogP contribution in [0.15, 0.2) is 46.2 Å². The second-order valence-corrected chi connectivity index (χ2v) is 11.0. The Morgan fingerprint density at radius 1 is 0.731 bits per heavy atom. The molecule has 4 bridgehead atoms. The minimum absolute atomic E-state index is 0.126. The summed E-state index contributed by atoms with van der Waals surface area (Å²) in [6.07, 6.45) is 2.32. The Hall–Kier alpha value is -1.70. The van der Waals surface area contributed by atoms with Crippen molar-refractivity contribution in [1.82, 2.24) is 3.71 Å². The number of aryl methyl sites for hydroxylation is 4. The molecule has 26 heavy (non-hydrogen) atoms. The summed E-state index contributed by atoms with van der Waals surface area (Å²) in [4.78, 5) is 0.252. The van der Waals surface area contributed by atoms with E-state index in [0.717, 1.165) is 11.1 Å². The van der Waals surface area contributed by atoms with Gasteiger partial charge in [0.25, 0.3) is 20.0 Å². The van der Waals surface area contributed by atoms with Crippen molar-refractivity contribution in [3.63, 3.8) is 0 Å². The van der Waals surface area contributed by atoms with Gasteiger partial charge in [0.2, 0.25) is 0 Å². The first-order chi connectivity index (χ1) is 12.2. The van der Waals surface area contributed by atoms with E-state index in [1.54, 1.807) is 26.0 Å². The first kappa shape index (κ1) is 17.7. The largest absolute Gasteiger partial charge is 0.256 e. The van der Waals surface area contributed by atoms with Crippen molar-refractivity contribution in [3.8, 4) is 0 Å². The molecular formula is C19H21NO4S2. The summed E-state index contributed by atoms with van der Waals surface area (Å²) in [5.41, 5.74) is 3.15. The second-order valence-electron chi connectivity index (χ2n) is 7.21. The van der Waals surface area contributed by atoms with E-state index in [9.17, 15) is 16.8 Å². The SMILES string of the molecule is CC(C)N1S(=O)(=O)c2cc3ccc2CCc2ccc(cc2S1(=O)=O)CC3. The lowest BCUT2D eigenvalue weighted by Gasteiger charge is -2.26. The Morgan fingerprint density at radius 3 is 1.54 bits per heavy atom. The van der Waals surface area contributed by atoms with Crippen molar-refractivity contribution in [2.24, 2.45) is 0 Å². The maximum atomic E-state index is 13.4. The molecule has 2 aromatic carbocycles. The number of benzene rings is 2. The fourth-order valence-electron chi connectivity index (χ4n) is 3.84. The zero-order valence-corrected chi connectivity index (χ0v) is 16.4. The van der Waals surface area contributed by atoms with Gasteiger partial charge in [0.15, 0.2) is 0 Å². The van der Waals surface area contributed by atoms with Gasteiger partial charge in [-0.2, -0.15) is 0 Å². The second kappa shape index (κ2) is 5.90. The maximum Gasteiger partial charge on any atom is 0.256 e. The third-order valence-corrected chi connectivity index (χ3v) is 9.92. The van der Waals surface area contributed by atoms with E-state index in [4.69, 9.17) is 0 Å². The molecular weight excluding hydrogens is 370 g/mol. The molecule has 2 aromatic rings. The molecule has 0 saturated carbocycles. The highest BCUT2D eigenvalue weighted by Gasteiger charge is 2.42. The van der Waals surface area contributed by atoms with Crippen molar-refractivity contribution < 1.29 is 16.8 Å². The van der Waals surface area contributed by atoms with Crippen LogP contribution < -0.4 is 0 Å². The van der Waals surface area contributed by atoms with Crippen LogP contribution in [0.1, 0.15) is 36.1 Å². The molecule has 0 unspecified atom stereocenters. The van der Waals surface area contributed by atoms with Crippen molar-refractivity contribution in [3.05, 3.63) is 58.7 Å². The number of fused-ring (bicyclic) bond motifs is 4. The summed E-state index contributed by atoms with van der Waals surface area (Å²) in [5, 5.41) is 0. The van der Waals surface area contributed by atoms with Crippen LogP contribution in [-0.4, -0.2) is 26.6 Å². The summed E-state index contributed by atoms with van der Waals surface area (Å²) >= 11 is 0. The summed E-state index contributed by atoms with van der Waals surface area (Å²) < 4.78 is 54.4. The number of rotatable bonds is 1. The van der Waals surface area contributed by atoms with Crippen molar-refractivity contribution >= 4 is 20.0 Å². The molecule has 2 heterocycles. The first-order valence-corrected chi connectivity index (χ1v) is 11.6. The third kappa shape index (κ3) is 2.61. The van der Waals surface area contributed by atoms with Crippen LogP contribution in [0.4, 0.5) is 0 Å². The normalized spacial score (nSPS) is 20.7. The number of nitrogens with zero attached hydrogens (tertiary/aromatic N) is 1. The zero-order chi connectivity index (χ0) is 18.7. The van der Waals surface area contributed by atoms with E-state index in [0.29, 0.717) is 40.5 Å². The van der Waals surface area contributed by atoms with Gasteiger partial charge < -0.3 is 0 Å². The van der Waals surface area contributed by atoms with E-state index < -0.39 is 26.1 Å². The summed E-state index contributed by atoms with van der Waals surface area (Å²) in [7, 11) is -8.36. The van der Waals surface area contributed by atoms with E-state index in [1.807, 2.05) is 24.3 Å². The fraction of sp³-hybridized carbons (Fsp3) is 0.368. The molecule has 0 fully saturated rings. The standard InChI is InChI=1S/C19H21NO4S2/c1-13(2)20-25(21,22)18-11-14-3-4-15-6-8-17(10-9-16(18)7-5-14)19(12-15)26(20,23)24/h5-8,11-13H,3-4,9-10H2,1-2H3. The molecule has 4 rings (SSSR count). The van der Waals surface area contributed by atoms with Gasteiger partial charge >= 0.3 is 0 Å². The summed E-state index contributed by atoms with van der Waals surface area (Å²) in [6.45, 7) is 3.19. The van der Waals surface area contributed by atoms with Crippen LogP contribution >= 0.6 is 0 Å². The van der Waals surface area contributed by atoms with Gasteiger partial charge in [0.1, 0.15) is 0 Å². The molecule has 138 valence electrons. The average molecular weight is 392 g/mol. The molecule has 5 nitrogen and oxygen atoms in total. The Morgan fingerprint density at radius 2 is 1.15 bits per heavy atom. The molecule has 0 amide bonds. The van der Waals surface area contributed by atoms with Crippen LogP contribution in [0, 0.1) is 0 Å². The van der Waals surface area contributed by atoms with Crippen LogP contribution in [0.25, 0.3) is 0 Å². The van der Waals surface area contributed by atoms with Gasteiger partial charge in [-0.25, -0.2) is 16.8 Å². The Labute approximate surface area is 154 Å². The number of hydrogen-bond donors (Lipinski definition) is 0. The lowest BCUT2D eigenvalue weighted by molar-refractivity contribution is 0.456. The highest BCUT2D eigenvalue weighted by atomic mass is 32.3. The van der Waals surface area contributed by atoms with Crippen molar-refractivity contribution in [2.45, 2.75) is 55.4 Å². The molecule has 0 radical (unpaired) electrons. The number of hydrogen-bond acceptors (Lipinski definition) is 4. The molecule has 7 heteroatoms. The molecule has 0 N–H and O–H groups in total. The fourth-order valence-corrected chi connectivity index (χ4v) is 8.46. The smallest absolute Gasteiger partial charge is 0.206 e. The van der Waals surface area contributed by atoms with Crippen LogP contribution in [-0.2, 0) is 45.7 Å². The van der Waals surface area contributed by atoms with E-state index >= 15 is 0 Å². The number of sulfonamides is 2. The van der Waals surface area contributed by atoms with Gasteiger partial charge in [0, 0.05) is 6.04 Å². The molecule has 2 aliphatic heterocycles. The Bertz CT molecular complexity index is 1020. The predicted molar refractivity (Wildman–Crippen MR) is 99.0 cm³/mol. The van der Waals surface area contributed by atoms with Crippen molar-refractivity contribution in [2.75, 3.05) is 0 Å².